The summed E-state index contributed by atoms with van der Waals surface area (Å²) in [5, 5.41) is 12.0. The van der Waals surface area contributed by atoms with Crippen molar-refractivity contribution in [2.75, 3.05) is 24.5 Å². The molecule has 3 N–H and O–H groups in total. The molecule has 0 bridgehead atoms. The first-order chi connectivity index (χ1) is 21.7. The van der Waals surface area contributed by atoms with E-state index in [2.05, 4.69) is 18.0 Å². The molecular formula is C32H34Cl3F2N7O2. The summed E-state index contributed by atoms with van der Waals surface area (Å²) < 4.78 is 31.7. The topological polar surface area (TPSA) is 120 Å². The number of pyridine rings is 2. The number of carbonyl (C=O) groups is 1. The van der Waals surface area contributed by atoms with Crippen molar-refractivity contribution in [1.82, 2.24) is 19.8 Å². The molecule has 46 heavy (non-hydrogen) atoms. The number of halogens is 5. The molecule has 14 heteroatoms. The van der Waals surface area contributed by atoms with Crippen molar-refractivity contribution < 1.29 is 13.6 Å². The number of fused-ring (bicyclic) bond motifs is 1. The fraction of sp³-hybridized carbons (Fsp3) is 0.438. The first kappa shape index (κ1) is 33.9. The van der Waals surface area contributed by atoms with Gasteiger partial charge >= 0.3 is 0 Å². The van der Waals surface area contributed by atoms with Crippen LogP contribution in [0.15, 0.2) is 52.2 Å². The van der Waals surface area contributed by atoms with E-state index in [0.717, 1.165) is 5.57 Å². The van der Waals surface area contributed by atoms with Gasteiger partial charge in [-0.2, -0.15) is 5.26 Å². The Labute approximate surface area is 280 Å². The molecule has 5 rings (SSSR count). The van der Waals surface area contributed by atoms with Crippen LogP contribution in [0.4, 0.5) is 14.5 Å². The lowest BCUT2D eigenvalue weighted by molar-refractivity contribution is -0.128. The van der Waals surface area contributed by atoms with Gasteiger partial charge in [0.1, 0.15) is 23.1 Å². The van der Waals surface area contributed by atoms with Crippen molar-refractivity contribution in [2.24, 2.45) is 11.7 Å². The van der Waals surface area contributed by atoms with E-state index < -0.39 is 39.9 Å². The van der Waals surface area contributed by atoms with Gasteiger partial charge in [-0.3, -0.25) is 14.2 Å². The van der Waals surface area contributed by atoms with Gasteiger partial charge in [0.25, 0.3) is 5.56 Å². The summed E-state index contributed by atoms with van der Waals surface area (Å²) in [5.41, 5.74) is 7.09. The summed E-state index contributed by atoms with van der Waals surface area (Å²) in [6, 6.07) is 1.69. The summed E-state index contributed by atoms with van der Waals surface area (Å²) in [6.45, 7) is 12.1. The van der Waals surface area contributed by atoms with E-state index in [0.29, 0.717) is 30.7 Å². The monoisotopic (exact) mass is 691 g/mol. The second-order valence-electron chi connectivity index (χ2n) is 12.1. The number of aromatic nitrogens is 2. The summed E-state index contributed by atoms with van der Waals surface area (Å²) in [6.07, 6.45) is 2.81. The molecule has 2 aliphatic heterocycles. The number of rotatable bonds is 5. The minimum Gasteiger partial charge on any atom is -0.382 e. The Balaban J connectivity index is 1.86. The average Bonchev–Trinajstić information content (AvgIpc) is 3.02. The number of nitrogens with zero attached hydrogens (tertiary/aromatic N) is 5. The van der Waals surface area contributed by atoms with Crippen LogP contribution in [0, 0.1) is 17.2 Å². The lowest BCUT2D eigenvalue weighted by Gasteiger charge is -2.41. The van der Waals surface area contributed by atoms with Crippen LogP contribution in [0.25, 0.3) is 16.7 Å². The zero-order valence-corrected chi connectivity index (χ0v) is 28.0. The summed E-state index contributed by atoms with van der Waals surface area (Å²) in [5.74, 6) is -2.69. The highest BCUT2D eigenvalue weighted by Crippen LogP contribution is 2.45. The fourth-order valence-corrected chi connectivity index (χ4v) is 7.40. The van der Waals surface area contributed by atoms with Gasteiger partial charge in [0, 0.05) is 37.1 Å². The smallest absolute Gasteiger partial charge is 0.276 e. The van der Waals surface area contributed by atoms with E-state index >= 15 is 4.39 Å². The molecule has 0 saturated carbocycles. The van der Waals surface area contributed by atoms with Gasteiger partial charge in [0.15, 0.2) is 6.17 Å². The highest BCUT2D eigenvalue weighted by atomic mass is 35.5. The van der Waals surface area contributed by atoms with E-state index in [9.17, 15) is 19.2 Å². The lowest BCUT2D eigenvalue weighted by atomic mass is 9.85. The van der Waals surface area contributed by atoms with Crippen LogP contribution in [0.2, 0.25) is 5.02 Å². The number of alkyl halides is 2. The van der Waals surface area contributed by atoms with Gasteiger partial charge in [0.05, 0.1) is 44.5 Å². The van der Waals surface area contributed by atoms with E-state index in [-0.39, 0.29) is 51.5 Å². The number of allylic oxidation sites excluding steroid dienone is 3. The van der Waals surface area contributed by atoms with Crippen LogP contribution in [0.3, 0.4) is 0 Å². The van der Waals surface area contributed by atoms with Crippen molar-refractivity contribution in [3.63, 3.8) is 0 Å². The third-order valence-corrected chi connectivity index (χ3v) is 10.1. The molecular weight excluding hydrogens is 659 g/mol. The number of hydrogen-bond acceptors (Lipinski definition) is 7. The number of nitrogens with one attached hydrogen (secondary N) is 1. The van der Waals surface area contributed by atoms with E-state index in [4.69, 9.17) is 45.5 Å². The number of carbonyl (C=O) groups excluding carboxylic acids is 1. The van der Waals surface area contributed by atoms with Gasteiger partial charge in [-0.05, 0) is 49.8 Å². The Morgan fingerprint density at radius 2 is 2.02 bits per heavy atom. The first-order valence-electron chi connectivity index (χ1n) is 14.8. The Morgan fingerprint density at radius 3 is 2.63 bits per heavy atom. The minimum atomic E-state index is -2.02. The van der Waals surface area contributed by atoms with E-state index in [1.165, 1.54) is 16.7 Å². The molecule has 3 aliphatic rings. The SMILES string of the molecule is C=CC(=O)N1CCN(c2c(C#N)c(=O)n(C3=C(C)C=CNC3C(C)C)c3nc(C4C(F)=C(Cl)C(F)C(Cl)C4N)c(Cl)cc23)C[C@H]1C. The number of nitriles is 1. The molecule has 1 saturated heterocycles. The van der Waals surface area contributed by atoms with Gasteiger partial charge in [-0.25, -0.2) is 13.8 Å². The normalized spacial score (nSPS) is 26.9. The maximum Gasteiger partial charge on any atom is 0.276 e. The number of anilines is 1. The zero-order valence-electron chi connectivity index (χ0n) is 25.7. The van der Waals surface area contributed by atoms with Crippen molar-refractivity contribution in [2.45, 2.75) is 63.3 Å². The van der Waals surface area contributed by atoms with Gasteiger partial charge in [-0.15, -0.1) is 11.6 Å². The summed E-state index contributed by atoms with van der Waals surface area (Å²) >= 11 is 19.1. The number of nitrogens with two attached hydrogens (primary N) is 1. The number of amides is 1. The minimum absolute atomic E-state index is 0.00500. The second-order valence-corrected chi connectivity index (χ2v) is 13.4. The molecule has 5 unspecified atom stereocenters. The molecule has 1 amide bonds. The summed E-state index contributed by atoms with van der Waals surface area (Å²) in [4.78, 5) is 35.3. The number of dihydropyridines is 1. The molecule has 4 heterocycles. The highest BCUT2D eigenvalue weighted by Gasteiger charge is 2.45. The summed E-state index contributed by atoms with van der Waals surface area (Å²) in [7, 11) is 0. The fourth-order valence-electron chi connectivity index (χ4n) is 6.54. The average molecular weight is 693 g/mol. The predicted molar refractivity (Wildman–Crippen MR) is 178 cm³/mol. The molecule has 0 radical (unpaired) electrons. The van der Waals surface area contributed by atoms with Crippen molar-refractivity contribution >= 4 is 63.1 Å². The third kappa shape index (κ3) is 5.49. The number of hydrogen-bond donors (Lipinski definition) is 2. The van der Waals surface area contributed by atoms with Crippen LogP contribution in [0.1, 0.15) is 44.9 Å². The molecule has 6 atom stereocenters. The molecule has 1 fully saturated rings. The molecule has 1 aliphatic carbocycles. The van der Waals surface area contributed by atoms with Crippen LogP contribution >= 0.6 is 34.8 Å². The predicted octanol–water partition coefficient (Wildman–Crippen LogP) is 5.31. The highest BCUT2D eigenvalue weighted by molar-refractivity contribution is 6.33. The second kappa shape index (κ2) is 13.0. The Morgan fingerprint density at radius 1 is 1.33 bits per heavy atom. The Hall–Kier alpha value is -3.43. The van der Waals surface area contributed by atoms with Crippen molar-refractivity contribution in [3.05, 3.63) is 74.1 Å². The van der Waals surface area contributed by atoms with Crippen LogP contribution < -0.4 is 21.5 Å². The quantitative estimate of drug-likeness (QED) is 0.322. The maximum absolute atomic E-state index is 15.7. The molecule has 2 aromatic rings. The van der Waals surface area contributed by atoms with Gasteiger partial charge < -0.3 is 20.9 Å². The number of piperazine rings is 1. The van der Waals surface area contributed by atoms with Crippen LogP contribution in [-0.2, 0) is 4.79 Å². The molecule has 0 spiro atoms. The molecule has 2 aromatic heterocycles. The lowest BCUT2D eigenvalue weighted by Crippen LogP contribution is -2.54. The Bertz CT molecular complexity index is 1820. The van der Waals surface area contributed by atoms with Crippen molar-refractivity contribution in [3.8, 4) is 6.07 Å². The standard InChI is InChI=1S/C32H34Cl3F2N7O2/c1-6-20(45)43-10-9-42(13-16(43)5)30-17-11-19(33)28(21-24(36)22(34)25(37)23(35)26(21)39)41-31(17)44(32(46)18(30)12-38)29-15(4)7-8-40-27(29)14(2)3/h6-8,11,14,16,21,23,25-27,40H,1,9-10,13,39H2,2-5H3/t16-,21?,23?,25?,26?,27?/m1/s1. The maximum atomic E-state index is 15.7. The van der Waals surface area contributed by atoms with E-state index in [1.54, 1.807) is 17.2 Å². The Kier molecular flexibility index (Phi) is 9.58. The molecule has 9 nitrogen and oxygen atoms in total. The van der Waals surface area contributed by atoms with Crippen LogP contribution in [0.5, 0.6) is 0 Å². The zero-order chi connectivity index (χ0) is 33.8. The largest absolute Gasteiger partial charge is 0.382 e. The molecule has 244 valence electrons. The van der Waals surface area contributed by atoms with E-state index in [1.807, 2.05) is 32.6 Å². The van der Waals surface area contributed by atoms with Crippen molar-refractivity contribution in [1.29, 1.82) is 5.26 Å². The van der Waals surface area contributed by atoms with Gasteiger partial charge in [-0.1, -0.05) is 43.6 Å². The molecule has 0 aromatic carbocycles. The third-order valence-electron chi connectivity index (χ3n) is 8.90. The first-order valence-corrected chi connectivity index (χ1v) is 16.0. The van der Waals surface area contributed by atoms with Crippen LogP contribution in [-0.4, -0.2) is 69.7 Å². The van der Waals surface area contributed by atoms with Gasteiger partial charge in [0.2, 0.25) is 5.91 Å².